The third kappa shape index (κ3) is 2.20. The zero-order chi connectivity index (χ0) is 14.3. The summed E-state index contributed by atoms with van der Waals surface area (Å²) >= 11 is 0. The smallest absolute Gasteiger partial charge is 0.323 e. The van der Waals surface area contributed by atoms with Crippen molar-refractivity contribution in [2.24, 2.45) is 5.73 Å². The molecule has 0 fully saturated rings. The number of alkyl halides is 3. The molecule has 0 saturated carbocycles. The maximum absolute atomic E-state index is 12.7. The number of benzene rings is 2. The van der Waals surface area contributed by atoms with Crippen LogP contribution in [0.3, 0.4) is 0 Å². The highest BCUT2D eigenvalue weighted by atomic mass is 19.4. The maximum Gasteiger partial charge on any atom is 0.416 e. The first-order valence-corrected chi connectivity index (χ1v) is 6.47. The van der Waals surface area contributed by atoms with E-state index in [4.69, 9.17) is 5.73 Å². The van der Waals surface area contributed by atoms with E-state index < -0.39 is 17.8 Å². The lowest BCUT2D eigenvalue weighted by molar-refractivity contribution is -0.137. The van der Waals surface area contributed by atoms with E-state index in [1.807, 2.05) is 24.3 Å². The molecule has 2 N–H and O–H groups in total. The van der Waals surface area contributed by atoms with Gasteiger partial charge >= 0.3 is 6.18 Å². The Kier molecular flexibility index (Phi) is 3.05. The highest BCUT2D eigenvalue weighted by Crippen LogP contribution is 2.42. The Bertz CT molecular complexity index is 634. The fourth-order valence-corrected chi connectivity index (χ4v) is 2.77. The van der Waals surface area contributed by atoms with Crippen molar-refractivity contribution in [3.8, 4) is 0 Å². The highest BCUT2D eigenvalue weighted by Gasteiger charge is 2.34. The molecule has 1 aliphatic carbocycles. The van der Waals surface area contributed by atoms with Gasteiger partial charge in [0.05, 0.1) is 5.56 Å². The second-order valence-electron chi connectivity index (χ2n) is 5.16. The normalized spacial score (nSPS) is 19.1. The van der Waals surface area contributed by atoms with Crippen LogP contribution in [0.15, 0.2) is 48.5 Å². The molecule has 2 atom stereocenters. The minimum absolute atomic E-state index is 0.106. The summed E-state index contributed by atoms with van der Waals surface area (Å²) in [5.74, 6) is 0.106. The molecule has 1 nitrogen and oxygen atoms in total. The van der Waals surface area contributed by atoms with Crippen LogP contribution in [-0.2, 0) is 12.6 Å². The van der Waals surface area contributed by atoms with Gasteiger partial charge in [0.15, 0.2) is 0 Å². The van der Waals surface area contributed by atoms with Crippen LogP contribution in [0.5, 0.6) is 0 Å². The monoisotopic (exact) mass is 277 g/mol. The largest absolute Gasteiger partial charge is 0.416 e. The van der Waals surface area contributed by atoms with Crippen molar-refractivity contribution < 1.29 is 13.2 Å². The standard InChI is InChI=1S/C16H14F3N/c17-16(18,19)12-6-3-5-11(8-12)15(20)14-9-10-4-1-2-7-13(10)14/h1-8,14-15H,9,20H2. The van der Waals surface area contributed by atoms with E-state index in [2.05, 4.69) is 0 Å². The molecule has 3 rings (SSSR count). The average molecular weight is 277 g/mol. The van der Waals surface area contributed by atoms with Crippen LogP contribution < -0.4 is 5.73 Å². The van der Waals surface area contributed by atoms with Crippen LogP contribution in [0.25, 0.3) is 0 Å². The van der Waals surface area contributed by atoms with E-state index in [0.29, 0.717) is 5.56 Å². The topological polar surface area (TPSA) is 26.0 Å². The zero-order valence-corrected chi connectivity index (χ0v) is 10.7. The lowest BCUT2D eigenvalue weighted by Gasteiger charge is -2.35. The number of nitrogens with two attached hydrogens (primary N) is 1. The van der Waals surface area contributed by atoms with Crippen molar-refractivity contribution in [3.63, 3.8) is 0 Å². The Hall–Kier alpha value is -1.81. The van der Waals surface area contributed by atoms with E-state index >= 15 is 0 Å². The van der Waals surface area contributed by atoms with Gasteiger partial charge in [0, 0.05) is 12.0 Å². The molecular weight excluding hydrogens is 263 g/mol. The number of halogens is 3. The molecule has 0 radical (unpaired) electrons. The molecule has 104 valence electrons. The Morgan fingerprint density at radius 2 is 1.80 bits per heavy atom. The van der Waals surface area contributed by atoms with Crippen molar-refractivity contribution >= 4 is 0 Å². The second kappa shape index (κ2) is 4.63. The molecule has 2 unspecified atom stereocenters. The predicted molar refractivity (Wildman–Crippen MR) is 71.3 cm³/mol. The van der Waals surface area contributed by atoms with Crippen molar-refractivity contribution in [1.82, 2.24) is 0 Å². The van der Waals surface area contributed by atoms with E-state index in [-0.39, 0.29) is 5.92 Å². The molecule has 0 saturated heterocycles. The van der Waals surface area contributed by atoms with Crippen LogP contribution >= 0.6 is 0 Å². The Morgan fingerprint density at radius 1 is 1.05 bits per heavy atom. The van der Waals surface area contributed by atoms with Gasteiger partial charge < -0.3 is 5.73 Å². The maximum atomic E-state index is 12.7. The SMILES string of the molecule is NC(c1cccc(C(F)(F)F)c1)C1Cc2ccccc21. The highest BCUT2D eigenvalue weighted by molar-refractivity contribution is 5.43. The van der Waals surface area contributed by atoms with Crippen molar-refractivity contribution in [1.29, 1.82) is 0 Å². The van der Waals surface area contributed by atoms with Crippen LogP contribution in [0.2, 0.25) is 0 Å². The fourth-order valence-electron chi connectivity index (χ4n) is 2.77. The van der Waals surface area contributed by atoms with Crippen molar-refractivity contribution in [3.05, 3.63) is 70.8 Å². The molecule has 0 aliphatic heterocycles. The first kappa shape index (κ1) is 13.2. The zero-order valence-electron chi connectivity index (χ0n) is 10.7. The van der Waals surface area contributed by atoms with Crippen LogP contribution in [0.4, 0.5) is 13.2 Å². The van der Waals surface area contributed by atoms with Crippen molar-refractivity contribution in [2.45, 2.75) is 24.6 Å². The number of hydrogen-bond donors (Lipinski definition) is 1. The van der Waals surface area contributed by atoms with Crippen molar-refractivity contribution in [2.75, 3.05) is 0 Å². The predicted octanol–water partition coefficient (Wildman–Crippen LogP) is 4.05. The third-order valence-corrected chi connectivity index (χ3v) is 3.93. The summed E-state index contributed by atoms with van der Waals surface area (Å²) in [5, 5.41) is 0. The number of fused-ring (bicyclic) bond motifs is 1. The molecule has 0 aromatic heterocycles. The lowest BCUT2D eigenvalue weighted by Crippen LogP contribution is -2.29. The van der Waals surface area contributed by atoms with E-state index in [1.54, 1.807) is 6.07 Å². The third-order valence-electron chi connectivity index (χ3n) is 3.93. The van der Waals surface area contributed by atoms with Gasteiger partial charge in [-0.3, -0.25) is 0 Å². The first-order valence-electron chi connectivity index (χ1n) is 6.47. The summed E-state index contributed by atoms with van der Waals surface area (Å²) in [5.41, 5.74) is 8.45. The van der Waals surface area contributed by atoms with Gasteiger partial charge in [-0.25, -0.2) is 0 Å². The van der Waals surface area contributed by atoms with Crippen LogP contribution in [0.1, 0.15) is 34.2 Å². The minimum Gasteiger partial charge on any atom is -0.323 e. The molecule has 1 aliphatic rings. The number of hydrogen-bond acceptors (Lipinski definition) is 1. The second-order valence-corrected chi connectivity index (χ2v) is 5.16. The van der Waals surface area contributed by atoms with E-state index in [9.17, 15) is 13.2 Å². The quantitative estimate of drug-likeness (QED) is 0.880. The molecule has 0 spiro atoms. The summed E-state index contributed by atoms with van der Waals surface area (Å²) in [4.78, 5) is 0. The van der Waals surface area contributed by atoms with Gasteiger partial charge in [-0.05, 0) is 35.2 Å². The molecule has 0 bridgehead atoms. The molecule has 0 heterocycles. The number of rotatable bonds is 2. The molecule has 2 aromatic rings. The Morgan fingerprint density at radius 3 is 2.50 bits per heavy atom. The van der Waals surface area contributed by atoms with Crippen LogP contribution in [-0.4, -0.2) is 0 Å². The molecular formula is C16H14F3N. The van der Waals surface area contributed by atoms with Gasteiger partial charge in [-0.1, -0.05) is 36.4 Å². The molecule has 0 amide bonds. The van der Waals surface area contributed by atoms with Gasteiger partial charge in [0.1, 0.15) is 0 Å². The Balaban J connectivity index is 1.88. The minimum atomic E-state index is -4.33. The summed E-state index contributed by atoms with van der Waals surface area (Å²) in [7, 11) is 0. The van der Waals surface area contributed by atoms with Gasteiger partial charge in [0.25, 0.3) is 0 Å². The fraction of sp³-hybridized carbons (Fsp3) is 0.250. The summed E-state index contributed by atoms with van der Waals surface area (Å²) < 4.78 is 38.2. The van der Waals surface area contributed by atoms with E-state index in [1.165, 1.54) is 11.6 Å². The molecule has 4 heteroatoms. The molecule has 2 aromatic carbocycles. The summed E-state index contributed by atoms with van der Waals surface area (Å²) in [6.07, 6.45) is -3.50. The lowest BCUT2D eigenvalue weighted by atomic mass is 9.72. The van der Waals surface area contributed by atoms with E-state index in [0.717, 1.165) is 24.1 Å². The summed E-state index contributed by atoms with van der Waals surface area (Å²) in [6.45, 7) is 0. The molecule has 20 heavy (non-hydrogen) atoms. The van der Waals surface area contributed by atoms with Crippen LogP contribution in [0, 0.1) is 0 Å². The van der Waals surface area contributed by atoms with Gasteiger partial charge in [-0.15, -0.1) is 0 Å². The first-order chi connectivity index (χ1) is 9.47. The van der Waals surface area contributed by atoms with Gasteiger partial charge in [-0.2, -0.15) is 13.2 Å². The Labute approximate surface area is 115 Å². The average Bonchev–Trinajstić information content (AvgIpc) is 2.39. The summed E-state index contributed by atoms with van der Waals surface area (Å²) in [6, 6.07) is 12.9. The van der Waals surface area contributed by atoms with Gasteiger partial charge in [0.2, 0.25) is 0 Å².